The Kier molecular flexibility index (Phi) is 4.81. The van der Waals surface area contributed by atoms with Crippen molar-refractivity contribution in [2.45, 2.75) is 25.6 Å². The third kappa shape index (κ3) is 4.92. The summed E-state index contributed by atoms with van der Waals surface area (Å²) in [6.45, 7) is 1.70. The molecule has 6 heteroatoms. The zero-order chi connectivity index (χ0) is 14.5. The number of anilines is 1. The molecular formula is C13H13F3N2O. The van der Waals surface area contributed by atoms with Gasteiger partial charge in [-0.2, -0.15) is 13.2 Å². The van der Waals surface area contributed by atoms with Gasteiger partial charge in [-0.3, -0.25) is 0 Å². The van der Waals surface area contributed by atoms with Crippen LogP contribution in [0.15, 0.2) is 24.3 Å². The largest absolute Gasteiger partial charge is 0.416 e. The summed E-state index contributed by atoms with van der Waals surface area (Å²) in [7, 11) is 0. The molecule has 0 aliphatic heterocycles. The van der Waals surface area contributed by atoms with Crippen molar-refractivity contribution in [3.63, 3.8) is 0 Å². The van der Waals surface area contributed by atoms with Crippen molar-refractivity contribution in [2.24, 2.45) is 0 Å². The van der Waals surface area contributed by atoms with Crippen molar-refractivity contribution >= 4 is 11.7 Å². The van der Waals surface area contributed by atoms with E-state index >= 15 is 0 Å². The second kappa shape index (κ2) is 6.14. The zero-order valence-electron chi connectivity index (χ0n) is 10.2. The summed E-state index contributed by atoms with van der Waals surface area (Å²) in [5.41, 5.74) is -0.748. The molecule has 0 fully saturated rings. The first-order valence-electron chi connectivity index (χ1n) is 5.51. The molecule has 19 heavy (non-hydrogen) atoms. The molecule has 0 aliphatic rings. The molecule has 0 aromatic heterocycles. The van der Waals surface area contributed by atoms with Gasteiger partial charge in [-0.05, 0) is 25.1 Å². The summed E-state index contributed by atoms with van der Waals surface area (Å²) in [6, 6.07) is 3.55. The fourth-order valence-electron chi connectivity index (χ4n) is 1.39. The Morgan fingerprint density at radius 3 is 2.74 bits per heavy atom. The normalized spacial score (nSPS) is 12.4. The molecular weight excluding hydrogens is 257 g/mol. The van der Waals surface area contributed by atoms with Crippen LogP contribution in [0.1, 0.15) is 18.9 Å². The van der Waals surface area contributed by atoms with Crippen molar-refractivity contribution in [1.29, 1.82) is 0 Å². The Bertz CT molecular complexity index is 491. The Hall–Kier alpha value is -2.16. The summed E-state index contributed by atoms with van der Waals surface area (Å²) in [4.78, 5) is 11.5. The van der Waals surface area contributed by atoms with Gasteiger partial charge in [0.2, 0.25) is 0 Å². The lowest BCUT2D eigenvalue weighted by molar-refractivity contribution is -0.137. The van der Waals surface area contributed by atoms with E-state index in [0.717, 1.165) is 12.1 Å². The van der Waals surface area contributed by atoms with Gasteiger partial charge in [-0.15, -0.1) is 12.3 Å². The van der Waals surface area contributed by atoms with Crippen LogP contribution in [0.4, 0.5) is 23.7 Å². The molecule has 0 bridgehead atoms. The predicted molar refractivity (Wildman–Crippen MR) is 66.5 cm³/mol. The number of amides is 2. The lowest BCUT2D eigenvalue weighted by Crippen LogP contribution is -2.35. The van der Waals surface area contributed by atoms with Crippen LogP contribution in [0.5, 0.6) is 0 Å². The number of urea groups is 1. The highest BCUT2D eigenvalue weighted by Gasteiger charge is 2.30. The van der Waals surface area contributed by atoms with Crippen LogP contribution in [-0.4, -0.2) is 12.1 Å². The average molecular weight is 270 g/mol. The second-order valence-corrected chi connectivity index (χ2v) is 3.99. The third-order valence-electron chi connectivity index (χ3n) is 2.25. The third-order valence-corrected chi connectivity index (χ3v) is 2.25. The molecule has 2 N–H and O–H groups in total. The smallest absolute Gasteiger partial charge is 0.334 e. The summed E-state index contributed by atoms with van der Waals surface area (Å²) in [5, 5.41) is 4.84. The van der Waals surface area contributed by atoms with Gasteiger partial charge in [0.15, 0.2) is 0 Å². The lowest BCUT2D eigenvalue weighted by Gasteiger charge is -2.13. The molecule has 0 heterocycles. The molecule has 3 nitrogen and oxygen atoms in total. The van der Waals surface area contributed by atoms with Gasteiger partial charge in [0.25, 0.3) is 0 Å². The maximum absolute atomic E-state index is 12.5. The van der Waals surface area contributed by atoms with Crippen LogP contribution >= 0.6 is 0 Å². The lowest BCUT2D eigenvalue weighted by atomic mass is 10.2. The van der Waals surface area contributed by atoms with Gasteiger partial charge >= 0.3 is 12.2 Å². The van der Waals surface area contributed by atoms with Crippen molar-refractivity contribution in [3.8, 4) is 12.3 Å². The van der Waals surface area contributed by atoms with Crippen molar-refractivity contribution < 1.29 is 18.0 Å². The highest BCUT2D eigenvalue weighted by molar-refractivity contribution is 5.89. The van der Waals surface area contributed by atoms with E-state index in [0.29, 0.717) is 6.42 Å². The zero-order valence-corrected chi connectivity index (χ0v) is 10.2. The molecule has 1 aromatic rings. The topological polar surface area (TPSA) is 41.1 Å². The SMILES string of the molecule is C#CCC(C)NC(=O)Nc1cccc(C(F)(F)F)c1. The second-order valence-electron chi connectivity index (χ2n) is 3.99. The van der Waals surface area contributed by atoms with E-state index in [-0.39, 0.29) is 11.7 Å². The Labute approximate surface area is 109 Å². The molecule has 2 amide bonds. The minimum absolute atomic E-state index is 0.0697. The number of alkyl halides is 3. The number of hydrogen-bond donors (Lipinski definition) is 2. The monoisotopic (exact) mass is 270 g/mol. The van der Waals surface area contributed by atoms with E-state index in [4.69, 9.17) is 6.42 Å². The number of carbonyl (C=O) groups is 1. The molecule has 0 radical (unpaired) electrons. The number of hydrogen-bond acceptors (Lipinski definition) is 1. The number of nitrogens with one attached hydrogen (secondary N) is 2. The molecule has 1 atom stereocenters. The number of rotatable bonds is 3. The van der Waals surface area contributed by atoms with Crippen LogP contribution in [0, 0.1) is 12.3 Å². The van der Waals surface area contributed by atoms with E-state index in [1.54, 1.807) is 6.92 Å². The fourth-order valence-corrected chi connectivity index (χ4v) is 1.39. The summed E-state index contributed by atoms with van der Waals surface area (Å²) in [5.74, 6) is 2.37. The Balaban J connectivity index is 2.68. The van der Waals surface area contributed by atoms with Gasteiger partial charge < -0.3 is 10.6 Å². The maximum atomic E-state index is 12.5. The predicted octanol–water partition coefficient (Wildman–Crippen LogP) is 3.24. The molecule has 0 saturated carbocycles. The molecule has 1 aromatic carbocycles. The molecule has 0 saturated heterocycles. The van der Waals surface area contributed by atoms with Crippen molar-refractivity contribution in [2.75, 3.05) is 5.32 Å². The number of halogens is 3. The van der Waals surface area contributed by atoms with Gasteiger partial charge in [-0.1, -0.05) is 6.07 Å². The first-order valence-corrected chi connectivity index (χ1v) is 5.51. The molecule has 0 spiro atoms. The highest BCUT2D eigenvalue weighted by Crippen LogP contribution is 2.30. The van der Waals surface area contributed by atoms with Gasteiger partial charge in [-0.25, -0.2) is 4.79 Å². The number of terminal acetylenes is 1. The number of benzene rings is 1. The van der Waals surface area contributed by atoms with Gasteiger partial charge in [0.1, 0.15) is 0 Å². The fraction of sp³-hybridized carbons (Fsp3) is 0.308. The first kappa shape index (κ1) is 14.9. The van der Waals surface area contributed by atoms with E-state index in [1.807, 2.05) is 0 Å². The maximum Gasteiger partial charge on any atom is 0.416 e. The van der Waals surface area contributed by atoms with Crippen molar-refractivity contribution in [1.82, 2.24) is 5.32 Å². The van der Waals surface area contributed by atoms with Gasteiger partial charge in [0.05, 0.1) is 5.56 Å². The van der Waals surface area contributed by atoms with Crippen LogP contribution < -0.4 is 10.6 Å². The quantitative estimate of drug-likeness (QED) is 0.813. The van der Waals surface area contributed by atoms with E-state index in [1.165, 1.54) is 12.1 Å². The van der Waals surface area contributed by atoms with E-state index in [2.05, 4.69) is 16.6 Å². The Morgan fingerprint density at radius 1 is 1.47 bits per heavy atom. The molecule has 1 rings (SSSR count). The molecule has 1 unspecified atom stereocenters. The minimum Gasteiger partial charge on any atom is -0.334 e. The molecule has 102 valence electrons. The first-order chi connectivity index (χ1) is 8.82. The summed E-state index contributed by atoms with van der Waals surface area (Å²) >= 11 is 0. The van der Waals surface area contributed by atoms with Crippen LogP contribution in [0.25, 0.3) is 0 Å². The summed E-state index contributed by atoms with van der Waals surface area (Å²) in [6.07, 6.45) is 0.982. The van der Waals surface area contributed by atoms with Crippen molar-refractivity contribution in [3.05, 3.63) is 29.8 Å². The minimum atomic E-state index is -4.44. The Morgan fingerprint density at radius 2 is 2.16 bits per heavy atom. The standard InChI is InChI=1S/C13H13F3N2O/c1-3-5-9(2)17-12(19)18-11-7-4-6-10(8-11)13(14,15)16/h1,4,6-9H,5H2,2H3,(H2,17,18,19). The molecule has 0 aliphatic carbocycles. The van der Waals surface area contributed by atoms with E-state index in [9.17, 15) is 18.0 Å². The van der Waals surface area contributed by atoms with Gasteiger partial charge in [0, 0.05) is 18.2 Å². The number of carbonyl (C=O) groups excluding carboxylic acids is 1. The highest BCUT2D eigenvalue weighted by atomic mass is 19.4. The van der Waals surface area contributed by atoms with E-state index < -0.39 is 17.8 Å². The van der Waals surface area contributed by atoms with Crippen LogP contribution in [-0.2, 0) is 6.18 Å². The van der Waals surface area contributed by atoms with Crippen LogP contribution in [0.2, 0.25) is 0 Å². The summed E-state index contributed by atoms with van der Waals surface area (Å²) < 4.78 is 37.4. The van der Waals surface area contributed by atoms with Crippen LogP contribution in [0.3, 0.4) is 0 Å². The average Bonchev–Trinajstić information content (AvgIpc) is 2.28.